The fourth-order valence-electron chi connectivity index (χ4n) is 4.73. The Bertz CT molecular complexity index is 900. The third-order valence-electron chi connectivity index (χ3n) is 6.69. The van der Waals surface area contributed by atoms with Crippen LogP contribution < -0.4 is 5.32 Å². The normalized spacial score (nSPS) is 21.8. The Morgan fingerprint density at radius 3 is 2.45 bits per heavy atom. The number of likely N-dealkylation sites (tertiary alicyclic amines) is 1. The van der Waals surface area contributed by atoms with E-state index in [1.807, 2.05) is 0 Å². The van der Waals surface area contributed by atoms with E-state index in [2.05, 4.69) is 17.1 Å². The summed E-state index contributed by atoms with van der Waals surface area (Å²) >= 11 is 0. The van der Waals surface area contributed by atoms with Crippen molar-refractivity contribution in [3.63, 3.8) is 0 Å². The molecule has 1 unspecified atom stereocenters. The first-order valence-corrected chi connectivity index (χ1v) is 13.3. The molecule has 0 saturated carbocycles. The number of nitrogens with one attached hydrogen (secondary N) is 1. The van der Waals surface area contributed by atoms with Crippen LogP contribution in [-0.4, -0.2) is 62.3 Å². The van der Waals surface area contributed by atoms with Crippen molar-refractivity contribution < 1.29 is 26.4 Å². The zero-order valence-corrected chi connectivity index (χ0v) is 19.9. The van der Waals surface area contributed by atoms with Gasteiger partial charge in [-0.15, -0.1) is 0 Å². The maximum atomic E-state index is 13.3. The van der Waals surface area contributed by atoms with Gasteiger partial charge in [0.15, 0.2) is 0 Å². The molecular formula is C23H34F3N3O3S. The summed E-state index contributed by atoms with van der Waals surface area (Å²) < 4.78 is 66.8. The van der Waals surface area contributed by atoms with Crippen molar-refractivity contribution >= 4 is 15.9 Å². The average Bonchev–Trinajstić information content (AvgIpc) is 2.81. The van der Waals surface area contributed by atoms with Crippen LogP contribution in [0.1, 0.15) is 57.4 Å². The Morgan fingerprint density at radius 2 is 1.79 bits per heavy atom. The Hall–Kier alpha value is -1.65. The summed E-state index contributed by atoms with van der Waals surface area (Å²) in [6.07, 6.45) is 1.48. The monoisotopic (exact) mass is 489 g/mol. The van der Waals surface area contributed by atoms with Gasteiger partial charge in [-0.1, -0.05) is 31.9 Å². The van der Waals surface area contributed by atoms with Gasteiger partial charge in [-0.2, -0.15) is 17.5 Å². The van der Waals surface area contributed by atoms with E-state index in [0.717, 1.165) is 55.2 Å². The van der Waals surface area contributed by atoms with Crippen LogP contribution in [-0.2, 0) is 21.0 Å². The van der Waals surface area contributed by atoms with Crippen LogP contribution in [0, 0.1) is 5.92 Å². The molecule has 1 amide bonds. The first-order valence-electron chi connectivity index (χ1n) is 11.8. The molecule has 2 saturated heterocycles. The largest absolute Gasteiger partial charge is 0.417 e. The highest BCUT2D eigenvalue weighted by Crippen LogP contribution is 2.36. The highest BCUT2D eigenvalue weighted by Gasteiger charge is 2.40. The van der Waals surface area contributed by atoms with Crippen molar-refractivity contribution in [2.45, 2.75) is 69.0 Å². The minimum Gasteiger partial charge on any atom is -0.354 e. The quantitative estimate of drug-likeness (QED) is 0.602. The number of piperidine rings is 2. The van der Waals surface area contributed by atoms with Crippen LogP contribution in [0.4, 0.5) is 13.2 Å². The van der Waals surface area contributed by atoms with Crippen molar-refractivity contribution in [3.8, 4) is 0 Å². The molecular weight excluding hydrogens is 455 g/mol. The Labute approximate surface area is 194 Å². The standard InChI is InChI=1S/C23H34F3N3O3S/c1-2-3-13-28-14-7-6-8-19(28)17-27-22(30)18-11-15-29(16-12-18)33(31,32)21-10-5-4-9-20(21)23(24,25)26/h4-5,9-10,18-19H,2-3,6-8,11-17H2,1H3,(H,27,30). The van der Waals surface area contributed by atoms with Crippen molar-refractivity contribution in [2.75, 3.05) is 32.7 Å². The summed E-state index contributed by atoms with van der Waals surface area (Å²) in [6, 6.07) is 4.56. The number of sulfonamides is 1. The van der Waals surface area contributed by atoms with E-state index in [4.69, 9.17) is 0 Å². The van der Waals surface area contributed by atoms with Gasteiger partial charge < -0.3 is 5.32 Å². The van der Waals surface area contributed by atoms with Crippen LogP contribution in [0.25, 0.3) is 0 Å². The summed E-state index contributed by atoms with van der Waals surface area (Å²) in [6.45, 7) is 4.88. The van der Waals surface area contributed by atoms with Gasteiger partial charge in [-0.3, -0.25) is 9.69 Å². The predicted molar refractivity (Wildman–Crippen MR) is 120 cm³/mol. The Morgan fingerprint density at radius 1 is 1.09 bits per heavy atom. The maximum absolute atomic E-state index is 13.3. The molecule has 3 rings (SSSR count). The second kappa shape index (κ2) is 11.2. The minimum absolute atomic E-state index is 0.0265. The molecule has 0 aromatic heterocycles. The van der Waals surface area contributed by atoms with Crippen molar-refractivity contribution in [1.82, 2.24) is 14.5 Å². The molecule has 0 spiro atoms. The van der Waals surface area contributed by atoms with Crippen LogP contribution in [0.2, 0.25) is 0 Å². The van der Waals surface area contributed by atoms with E-state index in [9.17, 15) is 26.4 Å². The van der Waals surface area contributed by atoms with E-state index in [0.29, 0.717) is 25.4 Å². The van der Waals surface area contributed by atoms with Crippen LogP contribution >= 0.6 is 0 Å². The van der Waals surface area contributed by atoms with E-state index in [-0.39, 0.29) is 24.9 Å². The molecule has 0 bridgehead atoms. The molecule has 1 aromatic rings. The van der Waals surface area contributed by atoms with Gasteiger partial charge in [0.05, 0.1) is 10.5 Å². The van der Waals surface area contributed by atoms with Crippen LogP contribution in [0.3, 0.4) is 0 Å². The Balaban J connectivity index is 1.56. The lowest BCUT2D eigenvalue weighted by Crippen LogP contribution is -2.49. The molecule has 2 heterocycles. The van der Waals surface area contributed by atoms with Crippen molar-refractivity contribution in [1.29, 1.82) is 0 Å². The van der Waals surface area contributed by atoms with Gasteiger partial charge in [0, 0.05) is 31.6 Å². The number of carbonyl (C=O) groups excluding carboxylic acids is 1. The van der Waals surface area contributed by atoms with Gasteiger partial charge >= 0.3 is 6.18 Å². The fourth-order valence-corrected chi connectivity index (χ4v) is 6.41. The number of rotatable bonds is 8. The molecule has 186 valence electrons. The van der Waals surface area contributed by atoms with E-state index in [1.54, 1.807) is 0 Å². The summed E-state index contributed by atoms with van der Waals surface area (Å²) in [5.74, 6) is -0.425. The highest BCUT2D eigenvalue weighted by atomic mass is 32.2. The van der Waals surface area contributed by atoms with Crippen molar-refractivity contribution in [2.24, 2.45) is 5.92 Å². The maximum Gasteiger partial charge on any atom is 0.417 e. The highest BCUT2D eigenvalue weighted by molar-refractivity contribution is 7.89. The topological polar surface area (TPSA) is 69.7 Å². The molecule has 1 atom stereocenters. The second-order valence-corrected chi connectivity index (χ2v) is 10.9. The van der Waals surface area contributed by atoms with Gasteiger partial charge in [-0.25, -0.2) is 8.42 Å². The third kappa shape index (κ3) is 6.48. The lowest BCUT2D eigenvalue weighted by molar-refractivity contribution is -0.139. The number of benzene rings is 1. The third-order valence-corrected chi connectivity index (χ3v) is 8.65. The second-order valence-electron chi connectivity index (χ2n) is 8.96. The molecule has 2 aliphatic heterocycles. The first kappa shape index (κ1) is 26.0. The van der Waals surface area contributed by atoms with Gasteiger partial charge in [-0.05, 0) is 57.3 Å². The summed E-state index contributed by atoms with van der Waals surface area (Å²) in [5.41, 5.74) is -1.16. The SMILES string of the molecule is CCCCN1CCCCC1CNC(=O)C1CCN(S(=O)(=O)c2ccccc2C(F)(F)F)CC1. The molecule has 6 nitrogen and oxygen atoms in total. The predicted octanol–water partition coefficient (Wildman–Crippen LogP) is 3.88. The molecule has 2 fully saturated rings. The molecule has 33 heavy (non-hydrogen) atoms. The molecule has 1 N–H and O–H groups in total. The van der Waals surface area contributed by atoms with Gasteiger partial charge in [0.25, 0.3) is 0 Å². The lowest BCUT2D eigenvalue weighted by atomic mass is 9.96. The number of carbonyl (C=O) groups is 1. The molecule has 0 radical (unpaired) electrons. The number of nitrogens with zero attached hydrogens (tertiary/aromatic N) is 2. The summed E-state index contributed by atoms with van der Waals surface area (Å²) in [7, 11) is -4.30. The molecule has 1 aromatic carbocycles. The van der Waals surface area contributed by atoms with Crippen LogP contribution in [0.5, 0.6) is 0 Å². The number of unbranched alkanes of at least 4 members (excludes halogenated alkanes) is 1. The lowest BCUT2D eigenvalue weighted by Gasteiger charge is -2.36. The fraction of sp³-hybridized carbons (Fsp3) is 0.696. The molecule has 0 aliphatic carbocycles. The summed E-state index contributed by atoms with van der Waals surface area (Å²) in [4.78, 5) is 14.4. The van der Waals surface area contributed by atoms with Crippen LogP contribution in [0.15, 0.2) is 29.2 Å². The minimum atomic E-state index is -4.76. The zero-order valence-electron chi connectivity index (χ0n) is 19.1. The van der Waals surface area contributed by atoms with Crippen molar-refractivity contribution in [3.05, 3.63) is 29.8 Å². The molecule has 2 aliphatic rings. The number of alkyl halides is 3. The first-order chi connectivity index (χ1) is 15.6. The number of hydrogen-bond donors (Lipinski definition) is 1. The number of amides is 1. The van der Waals surface area contributed by atoms with Gasteiger partial charge in [0.1, 0.15) is 0 Å². The average molecular weight is 490 g/mol. The summed E-state index contributed by atoms with van der Waals surface area (Å²) in [5, 5.41) is 3.05. The smallest absolute Gasteiger partial charge is 0.354 e. The number of hydrogen-bond acceptors (Lipinski definition) is 4. The van der Waals surface area contributed by atoms with Gasteiger partial charge in [0.2, 0.25) is 15.9 Å². The van der Waals surface area contributed by atoms with E-state index >= 15 is 0 Å². The zero-order chi connectivity index (χ0) is 24.1. The Kier molecular flexibility index (Phi) is 8.80. The number of halogens is 3. The van der Waals surface area contributed by atoms with E-state index in [1.165, 1.54) is 18.6 Å². The molecule has 10 heteroatoms. The van der Waals surface area contributed by atoms with E-state index < -0.39 is 26.7 Å².